The third-order valence-corrected chi connectivity index (χ3v) is 4.47. The zero-order chi connectivity index (χ0) is 12.5. The van der Waals surface area contributed by atoms with Crippen molar-refractivity contribution in [1.29, 1.82) is 0 Å². The molecule has 1 nitrogen and oxygen atoms in total. The van der Waals surface area contributed by atoms with Crippen LogP contribution in [-0.4, -0.2) is 13.1 Å². The smallest absolute Gasteiger partial charge is 0.0642 e. The van der Waals surface area contributed by atoms with E-state index in [1.807, 2.05) is 6.07 Å². The quantitative estimate of drug-likeness (QED) is 0.684. The second-order valence-corrected chi connectivity index (χ2v) is 6.39. The Hall–Kier alpha value is -0.400. The van der Waals surface area contributed by atoms with Crippen molar-refractivity contribution in [2.24, 2.45) is 11.8 Å². The molecular formula is C15H19Cl2N. The Morgan fingerprint density at radius 3 is 2.11 bits per heavy atom. The van der Waals surface area contributed by atoms with Crippen LogP contribution in [0.2, 0.25) is 5.02 Å². The Morgan fingerprint density at radius 1 is 1.06 bits per heavy atom. The maximum atomic E-state index is 6.41. The number of benzene rings is 1. The normalized spacial score (nSPS) is 19.0. The molecule has 0 bridgehead atoms. The van der Waals surface area contributed by atoms with Crippen LogP contribution in [0.25, 0.3) is 0 Å². The number of rotatable bonds is 6. The molecule has 98 valence electrons. The van der Waals surface area contributed by atoms with Crippen LogP contribution in [-0.2, 0) is 5.88 Å². The molecule has 3 rings (SSSR count). The highest BCUT2D eigenvalue weighted by Gasteiger charge is 2.30. The largest absolute Gasteiger partial charge is 0.370 e. The summed E-state index contributed by atoms with van der Waals surface area (Å²) in [7, 11) is 0. The number of hydrogen-bond acceptors (Lipinski definition) is 1. The average molecular weight is 284 g/mol. The molecule has 0 atom stereocenters. The zero-order valence-electron chi connectivity index (χ0n) is 10.5. The third-order valence-electron chi connectivity index (χ3n) is 3.86. The molecule has 3 heteroatoms. The summed E-state index contributed by atoms with van der Waals surface area (Å²) < 4.78 is 0. The Labute approximate surface area is 119 Å². The molecule has 0 heterocycles. The summed E-state index contributed by atoms with van der Waals surface area (Å²) in [6.07, 6.45) is 5.55. The summed E-state index contributed by atoms with van der Waals surface area (Å²) in [4.78, 5) is 2.50. The summed E-state index contributed by atoms with van der Waals surface area (Å²) in [5.74, 6) is 2.32. The minimum atomic E-state index is 0.533. The Morgan fingerprint density at radius 2 is 1.67 bits per heavy atom. The van der Waals surface area contributed by atoms with Gasteiger partial charge in [-0.25, -0.2) is 0 Å². The molecule has 0 aromatic heterocycles. The number of anilines is 1. The van der Waals surface area contributed by atoms with Gasteiger partial charge in [-0.05, 0) is 55.2 Å². The van der Waals surface area contributed by atoms with E-state index >= 15 is 0 Å². The molecule has 0 unspecified atom stereocenters. The minimum Gasteiger partial charge on any atom is -0.370 e. The lowest BCUT2D eigenvalue weighted by Gasteiger charge is -2.26. The SMILES string of the molecule is ClCc1ccc(N(CC2CC2)CC2CC2)c(Cl)c1. The van der Waals surface area contributed by atoms with Crippen molar-refractivity contribution in [1.82, 2.24) is 0 Å². The van der Waals surface area contributed by atoms with E-state index in [1.54, 1.807) is 0 Å². The van der Waals surface area contributed by atoms with Crippen molar-refractivity contribution < 1.29 is 0 Å². The molecule has 2 aliphatic rings. The first kappa shape index (κ1) is 12.6. The zero-order valence-corrected chi connectivity index (χ0v) is 12.1. The number of nitrogens with zero attached hydrogens (tertiary/aromatic N) is 1. The van der Waals surface area contributed by atoms with Gasteiger partial charge in [-0.1, -0.05) is 17.7 Å². The molecule has 2 fully saturated rings. The molecule has 2 saturated carbocycles. The van der Waals surface area contributed by atoms with Gasteiger partial charge in [-0.3, -0.25) is 0 Å². The number of alkyl halides is 1. The molecule has 0 radical (unpaired) electrons. The molecule has 1 aromatic rings. The van der Waals surface area contributed by atoms with Crippen LogP contribution in [0.4, 0.5) is 5.69 Å². The third kappa shape index (κ3) is 3.13. The molecule has 0 aliphatic heterocycles. The fourth-order valence-corrected chi connectivity index (χ4v) is 2.87. The second kappa shape index (κ2) is 5.30. The maximum absolute atomic E-state index is 6.41. The summed E-state index contributed by atoms with van der Waals surface area (Å²) >= 11 is 12.3. The summed E-state index contributed by atoms with van der Waals surface area (Å²) in [6.45, 7) is 2.35. The van der Waals surface area contributed by atoms with Crippen LogP contribution in [0.15, 0.2) is 18.2 Å². The lowest BCUT2D eigenvalue weighted by molar-refractivity contribution is 0.679. The predicted molar refractivity (Wildman–Crippen MR) is 78.7 cm³/mol. The molecule has 0 amide bonds. The van der Waals surface area contributed by atoms with Gasteiger partial charge in [0.1, 0.15) is 0 Å². The van der Waals surface area contributed by atoms with Crippen LogP contribution in [0.1, 0.15) is 31.2 Å². The lowest BCUT2D eigenvalue weighted by Crippen LogP contribution is -2.28. The Balaban J connectivity index is 1.77. The molecule has 0 spiro atoms. The first-order valence-corrected chi connectivity index (χ1v) is 7.77. The van der Waals surface area contributed by atoms with Gasteiger partial charge >= 0.3 is 0 Å². The lowest BCUT2D eigenvalue weighted by atomic mass is 10.2. The first-order chi connectivity index (χ1) is 8.76. The highest BCUT2D eigenvalue weighted by Crippen LogP contribution is 2.38. The molecule has 0 saturated heterocycles. The van der Waals surface area contributed by atoms with Gasteiger partial charge in [0.15, 0.2) is 0 Å². The van der Waals surface area contributed by atoms with Crippen molar-refractivity contribution in [3.8, 4) is 0 Å². The molecule has 2 aliphatic carbocycles. The van der Waals surface area contributed by atoms with Gasteiger partial charge in [0.2, 0.25) is 0 Å². The van der Waals surface area contributed by atoms with Crippen LogP contribution in [0.3, 0.4) is 0 Å². The highest BCUT2D eigenvalue weighted by atomic mass is 35.5. The monoisotopic (exact) mass is 283 g/mol. The summed E-state index contributed by atoms with van der Waals surface area (Å²) in [5.41, 5.74) is 2.30. The van der Waals surface area contributed by atoms with Crippen molar-refractivity contribution in [2.45, 2.75) is 31.6 Å². The van der Waals surface area contributed by atoms with Crippen molar-refractivity contribution in [2.75, 3.05) is 18.0 Å². The molecule has 1 aromatic carbocycles. The van der Waals surface area contributed by atoms with Gasteiger partial charge in [-0.15, -0.1) is 11.6 Å². The van der Waals surface area contributed by atoms with E-state index < -0.39 is 0 Å². The number of hydrogen-bond donors (Lipinski definition) is 0. The minimum absolute atomic E-state index is 0.533. The second-order valence-electron chi connectivity index (χ2n) is 5.71. The topological polar surface area (TPSA) is 3.24 Å². The fraction of sp³-hybridized carbons (Fsp3) is 0.600. The Kier molecular flexibility index (Phi) is 3.72. The summed E-state index contributed by atoms with van der Waals surface area (Å²) in [6, 6.07) is 6.25. The number of halogens is 2. The van der Waals surface area contributed by atoms with Gasteiger partial charge in [0.25, 0.3) is 0 Å². The van der Waals surface area contributed by atoms with E-state index in [9.17, 15) is 0 Å². The average Bonchev–Trinajstić information content (AvgIpc) is 3.23. The van der Waals surface area contributed by atoms with E-state index in [0.29, 0.717) is 5.88 Å². The van der Waals surface area contributed by atoms with E-state index in [0.717, 1.165) is 22.4 Å². The highest BCUT2D eigenvalue weighted by molar-refractivity contribution is 6.33. The summed E-state index contributed by atoms with van der Waals surface area (Å²) in [5, 5.41) is 0.856. The van der Waals surface area contributed by atoms with Gasteiger partial charge in [0, 0.05) is 19.0 Å². The Bertz CT molecular complexity index is 411. The molecule has 0 N–H and O–H groups in total. The fourth-order valence-electron chi connectivity index (χ4n) is 2.39. The van der Waals surface area contributed by atoms with Crippen molar-refractivity contribution >= 4 is 28.9 Å². The van der Waals surface area contributed by atoms with E-state index in [4.69, 9.17) is 23.2 Å². The van der Waals surface area contributed by atoms with Crippen molar-refractivity contribution in [3.63, 3.8) is 0 Å². The van der Waals surface area contributed by atoms with E-state index in [-0.39, 0.29) is 0 Å². The van der Waals surface area contributed by atoms with Crippen LogP contribution in [0.5, 0.6) is 0 Å². The standard InChI is InChI=1S/C15H19Cl2N/c16-8-13-5-6-15(14(17)7-13)18(9-11-1-2-11)10-12-3-4-12/h5-7,11-12H,1-4,8-10H2. The molecule has 18 heavy (non-hydrogen) atoms. The van der Waals surface area contributed by atoms with E-state index in [1.165, 1.54) is 44.5 Å². The van der Waals surface area contributed by atoms with Crippen LogP contribution in [0, 0.1) is 11.8 Å². The first-order valence-electron chi connectivity index (χ1n) is 6.85. The predicted octanol–water partition coefficient (Wildman–Crippen LogP) is 4.71. The molecular weight excluding hydrogens is 265 g/mol. The van der Waals surface area contributed by atoms with Gasteiger partial charge < -0.3 is 4.90 Å². The van der Waals surface area contributed by atoms with Crippen LogP contribution >= 0.6 is 23.2 Å². The van der Waals surface area contributed by atoms with Gasteiger partial charge in [0.05, 0.1) is 10.7 Å². The van der Waals surface area contributed by atoms with Crippen LogP contribution < -0.4 is 4.90 Å². The van der Waals surface area contributed by atoms with Crippen molar-refractivity contribution in [3.05, 3.63) is 28.8 Å². The maximum Gasteiger partial charge on any atom is 0.0642 e. The van der Waals surface area contributed by atoms with E-state index in [2.05, 4.69) is 17.0 Å². The van der Waals surface area contributed by atoms with Gasteiger partial charge in [-0.2, -0.15) is 0 Å².